The molecule has 3 saturated heterocycles. The zero-order valence-corrected chi connectivity index (χ0v) is 15.5. The highest BCUT2D eigenvalue weighted by molar-refractivity contribution is 6.06. The molecular formula is C20H27N3O3. The quantitative estimate of drug-likeness (QED) is 0.804. The van der Waals surface area contributed by atoms with Gasteiger partial charge in [-0.1, -0.05) is 44.2 Å². The van der Waals surface area contributed by atoms with Gasteiger partial charge in [0.2, 0.25) is 5.91 Å². The Kier molecular flexibility index (Phi) is 4.37. The molecular weight excluding hydrogens is 330 g/mol. The molecule has 1 N–H and O–H groups in total. The summed E-state index contributed by atoms with van der Waals surface area (Å²) in [4.78, 5) is 32.1. The first-order valence-corrected chi connectivity index (χ1v) is 9.47. The first-order valence-electron chi connectivity index (χ1n) is 9.47. The molecule has 2 unspecified atom stereocenters. The van der Waals surface area contributed by atoms with Crippen LogP contribution in [0, 0.1) is 5.92 Å². The molecule has 1 aromatic rings. The van der Waals surface area contributed by atoms with Crippen LogP contribution in [0.15, 0.2) is 30.3 Å². The van der Waals surface area contributed by atoms with Crippen LogP contribution in [-0.2, 0) is 16.1 Å². The summed E-state index contributed by atoms with van der Waals surface area (Å²) in [5.74, 6) is 0.271. The third-order valence-electron chi connectivity index (χ3n) is 5.80. The fourth-order valence-corrected chi connectivity index (χ4v) is 4.75. The van der Waals surface area contributed by atoms with Crippen LogP contribution in [0.1, 0.15) is 25.8 Å². The molecule has 3 heterocycles. The van der Waals surface area contributed by atoms with Crippen molar-refractivity contribution in [3.05, 3.63) is 35.9 Å². The van der Waals surface area contributed by atoms with E-state index in [0.717, 1.165) is 12.1 Å². The van der Waals surface area contributed by atoms with E-state index in [0.29, 0.717) is 38.5 Å². The Hall–Kier alpha value is -1.76. The highest BCUT2D eigenvalue weighted by Crippen LogP contribution is 2.40. The molecule has 2 atom stereocenters. The number of β-amino-alcohol motifs (C(OH)–C–C–N with tert-alkyl or cyclic N) is 1. The van der Waals surface area contributed by atoms with Crippen molar-refractivity contribution in [3.63, 3.8) is 0 Å². The first kappa shape index (κ1) is 17.6. The minimum absolute atomic E-state index is 0.100. The molecule has 3 aliphatic rings. The highest BCUT2D eigenvalue weighted by atomic mass is 16.3. The van der Waals surface area contributed by atoms with Crippen molar-refractivity contribution >= 4 is 11.8 Å². The van der Waals surface area contributed by atoms with Crippen molar-refractivity contribution < 1.29 is 14.7 Å². The van der Waals surface area contributed by atoms with Crippen LogP contribution in [0.3, 0.4) is 0 Å². The summed E-state index contributed by atoms with van der Waals surface area (Å²) in [7, 11) is 0. The lowest BCUT2D eigenvalue weighted by molar-refractivity contribution is -0.181. The van der Waals surface area contributed by atoms with Crippen LogP contribution in [0.25, 0.3) is 0 Å². The minimum Gasteiger partial charge on any atom is -0.392 e. The average molecular weight is 357 g/mol. The van der Waals surface area contributed by atoms with Crippen LogP contribution >= 0.6 is 0 Å². The first-order chi connectivity index (χ1) is 12.4. The summed E-state index contributed by atoms with van der Waals surface area (Å²) >= 11 is 0. The summed E-state index contributed by atoms with van der Waals surface area (Å²) in [6.07, 6.45) is -0.118. The molecule has 140 valence electrons. The van der Waals surface area contributed by atoms with Crippen molar-refractivity contribution in [1.29, 1.82) is 0 Å². The maximum absolute atomic E-state index is 13.4. The second kappa shape index (κ2) is 6.44. The van der Waals surface area contributed by atoms with E-state index in [-0.39, 0.29) is 17.9 Å². The fourth-order valence-electron chi connectivity index (χ4n) is 4.75. The van der Waals surface area contributed by atoms with Crippen LogP contribution < -0.4 is 0 Å². The molecule has 3 fully saturated rings. The van der Waals surface area contributed by atoms with Crippen molar-refractivity contribution in [3.8, 4) is 0 Å². The molecule has 0 aliphatic carbocycles. The van der Waals surface area contributed by atoms with E-state index in [1.807, 2.05) is 35.2 Å². The summed E-state index contributed by atoms with van der Waals surface area (Å²) in [5, 5.41) is 10.2. The van der Waals surface area contributed by atoms with Gasteiger partial charge in [-0.05, 0) is 17.9 Å². The summed E-state index contributed by atoms with van der Waals surface area (Å²) in [5.41, 5.74) is 0.300. The Morgan fingerprint density at radius 1 is 1.19 bits per heavy atom. The lowest BCUT2D eigenvalue weighted by Crippen LogP contribution is -2.81. The zero-order valence-electron chi connectivity index (χ0n) is 15.5. The molecule has 6 nitrogen and oxygen atoms in total. The van der Waals surface area contributed by atoms with Gasteiger partial charge in [-0.15, -0.1) is 0 Å². The number of nitrogens with zero attached hydrogens (tertiary/aromatic N) is 3. The van der Waals surface area contributed by atoms with Crippen molar-refractivity contribution in [2.75, 3.05) is 26.2 Å². The number of piperazine rings is 1. The van der Waals surface area contributed by atoms with Crippen LogP contribution in [0.4, 0.5) is 0 Å². The molecule has 1 aromatic carbocycles. The Balaban J connectivity index is 1.61. The number of amides is 2. The van der Waals surface area contributed by atoms with Gasteiger partial charge >= 0.3 is 0 Å². The van der Waals surface area contributed by atoms with E-state index in [1.165, 1.54) is 4.90 Å². The molecule has 2 amide bonds. The van der Waals surface area contributed by atoms with E-state index in [9.17, 15) is 14.7 Å². The van der Waals surface area contributed by atoms with Crippen LogP contribution in [-0.4, -0.2) is 75.5 Å². The second-order valence-electron chi connectivity index (χ2n) is 8.37. The van der Waals surface area contributed by atoms with Crippen LogP contribution in [0.2, 0.25) is 0 Å². The van der Waals surface area contributed by atoms with Gasteiger partial charge in [0.25, 0.3) is 5.91 Å². The van der Waals surface area contributed by atoms with Gasteiger partial charge in [-0.3, -0.25) is 24.3 Å². The molecule has 3 aliphatic heterocycles. The standard InChI is InChI=1S/C20H27N3O3/c1-14(2)9-21-12-20(13-21)19(26)22(10-15-6-4-3-5-7-15)18(25)17-8-16(24)11-23(17)20/h3-7,14,16-17,24H,8-13H2,1-2H3. The Labute approximate surface area is 154 Å². The second-order valence-corrected chi connectivity index (χ2v) is 8.37. The molecule has 0 aromatic heterocycles. The van der Waals surface area contributed by atoms with Gasteiger partial charge in [0, 0.05) is 26.2 Å². The third-order valence-corrected chi connectivity index (χ3v) is 5.80. The maximum atomic E-state index is 13.4. The molecule has 4 rings (SSSR count). The smallest absolute Gasteiger partial charge is 0.252 e. The van der Waals surface area contributed by atoms with Gasteiger partial charge in [0.05, 0.1) is 18.7 Å². The molecule has 6 heteroatoms. The van der Waals surface area contributed by atoms with Gasteiger partial charge in [0.15, 0.2) is 0 Å². The molecule has 1 spiro atoms. The summed E-state index contributed by atoms with van der Waals surface area (Å²) in [6, 6.07) is 9.26. The molecule has 0 saturated carbocycles. The number of hydrogen-bond acceptors (Lipinski definition) is 5. The van der Waals surface area contributed by atoms with Gasteiger partial charge in [-0.2, -0.15) is 0 Å². The molecule has 0 bridgehead atoms. The number of fused-ring (bicyclic) bond motifs is 2. The van der Waals surface area contributed by atoms with Crippen molar-refractivity contribution in [2.24, 2.45) is 5.92 Å². The SMILES string of the molecule is CC(C)CN1CC2(C1)C(=O)N(Cc1ccccc1)C(=O)C1CC(O)CN12. The third kappa shape index (κ3) is 2.76. The number of aliphatic hydroxyl groups is 1. The monoisotopic (exact) mass is 357 g/mol. The van der Waals surface area contributed by atoms with E-state index < -0.39 is 11.6 Å². The topological polar surface area (TPSA) is 64.1 Å². The van der Waals surface area contributed by atoms with Gasteiger partial charge in [-0.25, -0.2) is 0 Å². The predicted molar refractivity (Wildman–Crippen MR) is 97.1 cm³/mol. The zero-order chi connectivity index (χ0) is 18.5. The summed E-state index contributed by atoms with van der Waals surface area (Å²) in [6.45, 7) is 7.30. The van der Waals surface area contributed by atoms with Gasteiger partial charge < -0.3 is 5.11 Å². The average Bonchev–Trinajstić information content (AvgIpc) is 2.96. The number of carbonyl (C=O) groups excluding carboxylic acids is 2. The van der Waals surface area contributed by atoms with Crippen molar-refractivity contribution in [1.82, 2.24) is 14.7 Å². The van der Waals surface area contributed by atoms with E-state index >= 15 is 0 Å². The summed E-state index contributed by atoms with van der Waals surface area (Å²) < 4.78 is 0. The largest absolute Gasteiger partial charge is 0.392 e. The van der Waals surface area contributed by atoms with Gasteiger partial charge in [0.1, 0.15) is 5.54 Å². The minimum atomic E-state index is -0.653. The fraction of sp³-hybridized carbons (Fsp3) is 0.600. The normalized spacial score (nSPS) is 28.7. The lowest BCUT2D eigenvalue weighted by Gasteiger charge is -2.59. The maximum Gasteiger partial charge on any atom is 0.252 e. The number of rotatable bonds is 4. The van der Waals surface area contributed by atoms with E-state index in [4.69, 9.17) is 0 Å². The highest BCUT2D eigenvalue weighted by Gasteiger charge is 2.64. The van der Waals surface area contributed by atoms with Crippen LogP contribution in [0.5, 0.6) is 0 Å². The van der Waals surface area contributed by atoms with Crippen molar-refractivity contribution in [2.45, 2.75) is 44.5 Å². The number of aliphatic hydroxyl groups excluding tert-OH is 1. The number of likely N-dealkylation sites (tertiary alicyclic amines) is 1. The lowest BCUT2D eigenvalue weighted by atomic mass is 9.82. The number of imide groups is 1. The van der Waals surface area contributed by atoms with E-state index in [1.54, 1.807) is 0 Å². The molecule has 0 radical (unpaired) electrons. The Morgan fingerprint density at radius 2 is 1.88 bits per heavy atom. The number of benzene rings is 1. The molecule has 26 heavy (non-hydrogen) atoms. The Morgan fingerprint density at radius 3 is 2.54 bits per heavy atom. The Bertz CT molecular complexity index is 700. The number of carbonyl (C=O) groups is 2. The van der Waals surface area contributed by atoms with E-state index in [2.05, 4.69) is 18.7 Å². The predicted octanol–water partition coefficient (Wildman–Crippen LogP) is 0.701. The number of hydrogen-bond donors (Lipinski definition) is 1.